The average Bonchev–Trinajstić information content (AvgIpc) is 2.01. The quantitative estimate of drug-likeness (QED) is 0.859. The van der Waals surface area contributed by atoms with E-state index >= 15 is 0 Å². The van der Waals surface area contributed by atoms with E-state index in [0.29, 0.717) is 0 Å². The second-order valence-corrected chi connectivity index (χ2v) is 2.84. The van der Waals surface area contributed by atoms with E-state index < -0.39 is 18.4 Å². The molecule has 5 heteroatoms. The van der Waals surface area contributed by atoms with Gasteiger partial charge in [0.1, 0.15) is 5.75 Å². The maximum absolute atomic E-state index is 12.6. The third-order valence-corrected chi connectivity index (χ3v) is 1.83. The van der Waals surface area contributed by atoms with Gasteiger partial charge in [-0.05, 0) is 22.0 Å². The zero-order chi connectivity index (χ0) is 9.14. The highest BCUT2D eigenvalue weighted by Gasteiger charge is 2.07. The molecule has 0 radical (unpaired) electrons. The van der Waals surface area contributed by atoms with E-state index in [1.807, 2.05) is 0 Å². The van der Waals surface area contributed by atoms with Crippen molar-refractivity contribution in [3.63, 3.8) is 0 Å². The molecule has 12 heavy (non-hydrogen) atoms. The van der Waals surface area contributed by atoms with Crippen molar-refractivity contribution in [2.45, 2.75) is 0 Å². The molecule has 2 nitrogen and oxygen atoms in total. The van der Waals surface area contributed by atoms with E-state index in [-0.39, 0.29) is 10.2 Å². The van der Waals surface area contributed by atoms with Crippen LogP contribution in [0, 0.1) is 5.82 Å². The smallest absolute Gasteiger partial charge is 0.228 e. The lowest BCUT2D eigenvalue weighted by molar-refractivity contribution is 0.189. The first-order valence-corrected chi connectivity index (χ1v) is 3.81. The number of alkyl halides is 1. The Kier molecular flexibility index (Phi) is 2.86. The second kappa shape index (κ2) is 3.71. The van der Waals surface area contributed by atoms with Gasteiger partial charge in [0.15, 0.2) is 11.6 Å². The van der Waals surface area contributed by atoms with Crippen molar-refractivity contribution >= 4 is 15.9 Å². The molecule has 0 heterocycles. The van der Waals surface area contributed by atoms with Crippen molar-refractivity contribution in [3.8, 4) is 11.5 Å². The van der Waals surface area contributed by atoms with Crippen LogP contribution >= 0.6 is 15.9 Å². The molecule has 1 N–H and O–H groups in total. The molecule has 0 saturated carbocycles. The first-order chi connectivity index (χ1) is 5.65. The van der Waals surface area contributed by atoms with Crippen molar-refractivity contribution in [2.24, 2.45) is 0 Å². The molecule has 0 atom stereocenters. The van der Waals surface area contributed by atoms with E-state index in [2.05, 4.69) is 20.7 Å². The SMILES string of the molecule is Oc1cc(OCF)c(Br)cc1F. The Labute approximate surface area is 75.9 Å². The topological polar surface area (TPSA) is 29.5 Å². The van der Waals surface area contributed by atoms with Crippen molar-refractivity contribution in [3.05, 3.63) is 22.4 Å². The number of rotatable bonds is 2. The predicted octanol–water partition coefficient (Wildman–Crippen LogP) is 2.60. The molecule has 0 amide bonds. The first-order valence-electron chi connectivity index (χ1n) is 3.02. The minimum absolute atomic E-state index is 0.0661. The summed E-state index contributed by atoms with van der Waals surface area (Å²) in [6, 6.07) is 2.00. The molecule has 0 bridgehead atoms. The fraction of sp³-hybridized carbons (Fsp3) is 0.143. The Morgan fingerprint density at radius 2 is 2.17 bits per heavy atom. The van der Waals surface area contributed by atoms with Crippen LogP contribution in [0.3, 0.4) is 0 Å². The van der Waals surface area contributed by atoms with Gasteiger partial charge in [0, 0.05) is 6.07 Å². The molecule has 1 rings (SSSR count). The van der Waals surface area contributed by atoms with E-state index in [0.717, 1.165) is 12.1 Å². The lowest BCUT2D eigenvalue weighted by Gasteiger charge is -2.04. The van der Waals surface area contributed by atoms with Crippen molar-refractivity contribution < 1.29 is 18.6 Å². The van der Waals surface area contributed by atoms with Crippen LogP contribution in [0.4, 0.5) is 8.78 Å². The van der Waals surface area contributed by atoms with Gasteiger partial charge >= 0.3 is 0 Å². The highest BCUT2D eigenvalue weighted by molar-refractivity contribution is 9.10. The Morgan fingerprint density at radius 1 is 1.50 bits per heavy atom. The summed E-state index contributed by atoms with van der Waals surface area (Å²) in [5.74, 6) is -1.29. The monoisotopic (exact) mass is 238 g/mol. The average molecular weight is 239 g/mol. The van der Waals surface area contributed by atoms with Crippen LogP contribution in [0.2, 0.25) is 0 Å². The molecule has 0 aliphatic carbocycles. The summed E-state index contributed by atoms with van der Waals surface area (Å²) in [4.78, 5) is 0. The molecule has 1 aromatic rings. The normalized spacial score (nSPS) is 9.92. The van der Waals surface area contributed by atoms with E-state index in [9.17, 15) is 8.78 Å². The van der Waals surface area contributed by atoms with Gasteiger partial charge in [-0.25, -0.2) is 8.78 Å². The number of halogens is 3. The van der Waals surface area contributed by atoms with Crippen molar-refractivity contribution in [1.82, 2.24) is 0 Å². The number of benzene rings is 1. The Bertz CT molecular complexity index is 291. The Balaban J connectivity index is 3.05. The van der Waals surface area contributed by atoms with Crippen LogP contribution < -0.4 is 4.74 Å². The summed E-state index contributed by atoms with van der Waals surface area (Å²) in [6.07, 6.45) is 0. The van der Waals surface area contributed by atoms with E-state index in [1.54, 1.807) is 0 Å². The minimum atomic E-state index is -1.02. The highest BCUT2D eigenvalue weighted by Crippen LogP contribution is 2.31. The van der Waals surface area contributed by atoms with Crippen LogP contribution in [-0.4, -0.2) is 12.0 Å². The molecule has 0 spiro atoms. The molecular weight excluding hydrogens is 234 g/mol. The fourth-order valence-corrected chi connectivity index (χ4v) is 1.12. The van der Waals surface area contributed by atoms with E-state index in [4.69, 9.17) is 5.11 Å². The number of aromatic hydroxyl groups is 1. The molecule has 0 fully saturated rings. The number of ether oxygens (including phenoxy) is 1. The maximum atomic E-state index is 12.6. The van der Waals surface area contributed by atoms with Gasteiger partial charge in [-0.15, -0.1) is 0 Å². The molecular formula is C7H5BrF2O2. The first kappa shape index (κ1) is 9.25. The zero-order valence-electron chi connectivity index (χ0n) is 5.85. The van der Waals surface area contributed by atoms with E-state index in [1.165, 1.54) is 0 Å². The standard InChI is InChI=1S/C7H5BrF2O2/c8-4-1-5(10)6(11)2-7(4)12-3-9/h1-2,11H,3H2. The van der Waals surface area contributed by atoms with Gasteiger partial charge in [-0.1, -0.05) is 0 Å². The lowest BCUT2D eigenvalue weighted by atomic mass is 10.3. The summed E-state index contributed by atoms with van der Waals surface area (Å²) in [7, 11) is 0. The largest absolute Gasteiger partial charge is 0.505 e. The van der Waals surface area contributed by atoms with Crippen LogP contribution in [0.5, 0.6) is 11.5 Å². The zero-order valence-corrected chi connectivity index (χ0v) is 7.44. The van der Waals surface area contributed by atoms with Crippen LogP contribution in [-0.2, 0) is 0 Å². The lowest BCUT2D eigenvalue weighted by Crippen LogP contribution is -1.91. The van der Waals surface area contributed by atoms with Crippen molar-refractivity contribution in [2.75, 3.05) is 6.86 Å². The van der Waals surface area contributed by atoms with Gasteiger partial charge in [0.2, 0.25) is 6.86 Å². The molecule has 0 saturated heterocycles. The third kappa shape index (κ3) is 1.85. The van der Waals surface area contributed by atoms with Gasteiger partial charge in [0.25, 0.3) is 0 Å². The van der Waals surface area contributed by atoms with Crippen LogP contribution in [0.25, 0.3) is 0 Å². The Hall–Kier alpha value is -0.840. The molecule has 66 valence electrons. The minimum Gasteiger partial charge on any atom is -0.505 e. The maximum Gasteiger partial charge on any atom is 0.228 e. The highest BCUT2D eigenvalue weighted by atomic mass is 79.9. The van der Waals surface area contributed by atoms with Crippen molar-refractivity contribution in [1.29, 1.82) is 0 Å². The number of phenolic OH excluding ortho intramolecular Hbond substituents is 1. The summed E-state index contributed by atoms with van der Waals surface area (Å²) < 4.78 is 28.9. The number of hydrogen-bond donors (Lipinski definition) is 1. The van der Waals surface area contributed by atoms with Gasteiger partial charge < -0.3 is 9.84 Å². The molecule has 0 aromatic heterocycles. The fourth-order valence-electron chi connectivity index (χ4n) is 0.688. The van der Waals surface area contributed by atoms with Gasteiger partial charge in [0.05, 0.1) is 4.47 Å². The number of phenols is 1. The summed E-state index contributed by atoms with van der Waals surface area (Å²) >= 11 is 2.94. The molecule has 0 aliphatic rings. The summed E-state index contributed by atoms with van der Waals surface area (Å²) in [6.45, 7) is -1.02. The van der Waals surface area contributed by atoms with Gasteiger partial charge in [-0.2, -0.15) is 0 Å². The predicted molar refractivity (Wildman–Crippen MR) is 42.4 cm³/mol. The molecule has 0 unspecified atom stereocenters. The molecule has 0 aliphatic heterocycles. The van der Waals surface area contributed by atoms with Crippen LogP contribution in [0.15, 0.2) is 16.6 Å². The summed E-state index contributed by atoms with van der Waals surface area (Å²) in [5, 5.41) is 8.85. The van der Waals surface area contributed by atoms with Crippen LogP contribution in [0.1, 0.15) is 0 Å². The molecule has 1 aromatic carbocycles. The number of hydrogen-bond acceptors (Lipinski definition) is 2. The second-order valence-electron chi connectivity index (χ2n) is 1.99. The third-order valence-electron chi connectivity index (χ3n) is 1.21. The summed E-state index contributed by atoms with van der Waals surface area (Å²) in [5.41, 5.74) is 0. The Morgan fingerprint density at radius 3 is 2.75 bits per heavy atom. The van der Waals surface area contributed by atoms with Gasteiger partial charge in [-0.3, -0.25) is 0 Å².